The van der Waals surface area contributed by atoms with Gasteiger partial charge in [0.25, 0.3) is 0 Å². The van der Waals surface area contributed by atoms with Gasteiger partial charge in [-0.2, -0.15) is 0 Å². The maximum atomic E-state index is 11.6. The van der Waals surface area contributed by atoms with E-state index in [1.165, 1.54) is 19.3 Å². The standard InChI is InChI=1S/C20H27ClN6O/c21-16-8-6-14(7-9-16)18(26-12-10-15(11-13-26)19(22)28)20-23-24-25-27(20)17-4-2-1-3-5-17/h6-9,15,17-18H,1-5,10-13H2,(H2,22,28). The minimum Gasteiger partial charge on any atom is -0.369 e. The summed E-state index contributed by atoms with van der Waals surface area (Å²) < 4.78 is 2.04. The molecule has 1 unspecified atom stereocenters. The smallest absolute Gasteiger partial charge is 0.220 e. The Bertz CT molecular complexity index is 793. The highest BCUT2D eigenvalue weighted by atomic mass is 35.5. The Balaban J connectivity index is 1.65. The lowest BCUT2D eigenvalue weighted by Crippen LogP contribution is -2.41. The number of primary amides is 1. The van der Waals surface area contributed by atoms with Gasteiger partial charge in [0.1, 0.15) is 0 Å². The van der Waals surface area contributed by atoms with E-state index in [-0.39, 0.29) is 17.9 Å². The number of halogens is 1. The Morgan fingerprint density at radius 3 is 2.39 bits per heavy atom. The number of rotatable bonds is 5. The number of tetrazole rings is 1. The summed E-state index contributed by atoms with van der Waals surface area (Å²) in [5, 5.41) is 13.6. The Labute approximate surface area is 170 Å². The normalized spacial score (nSPS) is 20.9. The number of amides is 1. The zero-order valence-corrected chi connectivity index (χ0v) is 16.8. The first-order chi connectivity index (χ1) is 13.6. The Kier molecular flexibility index (Phi) is 5.92. The van der Waals surface area contributed by atoms with Gasteiger partial charge >= 0.3 is 0 Å². The van der Waals surface area contributed by atoms with Crippen LogP contribution in [0, 0.1) is 5.92 Å². The molecular weight excluding hydrogens is 376 g/mol. The molecule has 1 aromatic heterocycles. The molecule has 0 radical (unpaired) electrons. The highest BCUT2D eigenvalue weighted by Crippen LogP contribution is 2.35. The summed E-state index contributed by atoms with van der Waals surface area (Å²) >= 11 is 6.12. The molecule has 1 amide bonds. The molecule has 1 aliphatic carbocycles. The molecule has 4 rings (SSSR count). The van der Waals surface area contributed by atoms with Crippen molar-refractivity contribution >= 4 is 17.5 Å². The van der Waals surface area contributed by atoms with Crippen LogP contribution in [0.2, 0.25) is 5.02 Å². The summed E-state index contributed by atoms with van der Waals surface area (Å²) in [6, 6.07) is 8.23. The molecule has 1 saturated carbocycles. The van der Waals surface area contributed by atoms with Gasteiger partial charge in [-0.05, 0) is 66.9 Å². The van der Waals surface area contributed by atoms with Gasteiger partial charge in [0, 0.05) is 10.9 Å². The van der Waals surface area contributed by atoms with Gasteiger partial charge in [-0.3, -0.25) is 9.69 Å². The predicted molar refractivity (Wildman–Crippen MR) is 107 cm³/mol. The monoisotopic (exact) mass is 402 g/mol. The van der Waals surface area contributed by atoms with Crippen molar-refractivity contribution < 1.29 is 4.79 Å². The third-order valence-electron chi connectivity index (χ3n) is 6.17. The van der Waals surface area contributed by atoms with Gasteiger partial charge in [0.05, 0.1) is 12.1 Å². The van der Waals surface area contributed by atoms with Crippen LogP contribution in [-0.4, -0.2) is 44.1 Å². The van der Waals surface area contributed by atoms with Crippen molar-refractivity contribution in [2.24, 2.45) is 11.7 Å². The van der Waals surface area contributed by atoms with Crippen molar-refractivity contribution in [3.05, 3.63) is 40.7 Å². The van der Waals surface area contributed by atoms with Crippen LogP contribution in [0.4, 0.5) is 0 Å². The fourth-order valence-electron chi connectivity index (χ4n) is 4.58. The number of benzene rings is 1. The van der Waals surface area contributed by atoms with Crippen molar-refractivity contribution in [3.8, 4) is 0 Å². The first kappa shape index (κ1) is 19.3. The fourth-order valence-corrected chi connectivity index (χ4v) is 4.70. The van der Waals surface area contributed by atoms with Gasteiger partial charge in [0.15, 0.2) is 5.82 Å². The van der Waals surface area contributed by atoms with Gasteiger partial charge < -0.3 is 5.73 Å². The van der Waals surface area contributed by atoms with Crippen molar-refractivity contribution in [3.63, 3.8) is 0 Å². The van der Waals surface area contributed by atoms with Crippen molar-refractivity contribution in [1.82, 2.24) is 25.1 Å². The minimum absolute atomic E-state index is 0.0449. The number of aromatic nitrogens is 4. The van der Waals surface area contributed by atoms with Crippen molar-refractivity contribution in [2.75, 3.05) is 13.1 Å². The molecule has 2 aromatic rings. The molecule has 8 heteroatoms. The summed E-state index contributed by atoms with van der Waals surface area (Å²) in [4.78, 5) is 13.9. The molecule has 0 spiro atoms. The molecule has 0 bridgehead atoms. The summed E-state index contributed by atoms with van der Waals surface area (Å²) in [5.41, 5.74) is 6.64. The molecule has 2 aliphatic rings. The summed E-state index contributed by atoms with van der Waals surface area (Å²) in [5.74, 6) is 0.637. The summed E-state index contributed by atoms with van der Waals surface area (Å²) in [7, 11) is 0. The van der Waals surface area contributed by atoms with E-state index in [1.807, 2.05) is 28.9 Å². The summed E-state index contributed by atoms with van der Waals surface area (Å²) in [6.07, 6.45) is 7.51. The van der Waals surface area contributed by atoms with Crippen LogP contribution >= 0.6 is 11.6 Å². The Hall–Kier alpha value is -1.99. The maximum absolute atomic E-state index is 11.6. The van der Waals surface area contributed by atoms with Crippen molar-refractivity contribution in [1.29, 1.82) is 0 Å². The lowest BCUT2D eigenvalue weighted by Gasteiger charge is -2.37. The third kappa shape index (κ3) is 4.05. The lowest BCUT2D eigenvalue weighted by molar-refractivity contribution is -0.123. The fraction of sp³-hybridized carbons (Fsp3) is 0.600. The molecule has 2 heterocycles. The maximum Gasteiger partial charge on any atom is 0.220 e. The number of carbonyl (C=O) groups is 1. The van der Waals surface area contributed by atoms with Crippen LogP contribution in [0.5, 0.6) is 0 Å². The van der Waals surface area contributed by atoms with Gasteiger partial charge in [-0.25, -0.2) is 4.68 Å². The summed E-state index contributed by atoms with van der Waals surface area (Å²) in [6.45, 7) is 1.58. The average Bonchev–Trinajstić information content (AvgIpc) is 3.20. The third-order valence-corrected chi connectivity index (χ3v) is 6.42. The zero-order chi connectivity index (χ0) is 19.5. The SMILES string of the molecule is NC(=O)C1CCN(C(c2ccc(Cl)cc2)c2nnnn2C2CCCCC2)CC1. The van der Waals surface area contributed by atoms with E-state index in [0.29, 0.717) is 11.1 Å². The molecule has 1 atom stereocenters. The number of nitrogens with zero attached hydrogens (tertiary/aromatic N) is 5. The van der Waals surface area contributed by atoms with E-state index in [9.17, 15) is 4.79 Å². The van der Waals surface area contributed by atoms with Crippen molar-refractivity contribution in [2.45, 2.75) is 57.0 Å². The van der Waals surface area contributed by atoms with Crippen LogP contribution in [-0.2, 0) is 4.79 Å². The number of likely N-dealkylation sites (tertiary alicyclic amines) is 1. The molecule has 28 heavy (non-hydrogen) atoms. The first-order valence-corrected chi connectivity index (χ1v) is 10.6. The van der Waals surface area contributed by atoms with E-state index in [2.05, 4.69) is 20.4 Å². The molecule has 150 valence electrons. The predicted octanol–water partition coefficient (Wildman–Crippen LogP) is 3.12. The second-order valence-corrected chi connectivity index (χ2v) is 8.38. The second kappa shape index (κ2) is 8.57. The number of nitrogens with two attached hydrogens (primary N) is 1. The highest BCUT2D eigenvalue weighted by molar-refractivity contribution is 6.30. The highest BCUT2D eigenvalue weighted by Gasteiger charge is 2.34. The van der Waals surface area contributed by atoms with Gasteiger partial charge in [-0.1, -0.05) is 43.0 Å². The van der Waals surface area contributed by atoms with E-state index in [1.54, 1.807) is 0 Å². The number of hydrogen-bond donors (Lipinski definition) is 1. The van der Waals surface area contributed by atoms with Crippen LogP contribution in [0.25, 0.3) is 0 Å². The molecule has 1 aromatic carbocycles. The van der Waals surface area contributed by atoms with E-state index < -0.39 is 0 Å². The number of carbonyl (C=O) groups excluding carboxylic acids is 1. The molecular formula is C20H27ClN6O. The van der Waals surface area contributed by atoms with E-state index in [0.717, 1.165) is 50.2 Å². The quantitative estimate of drug-likeness (QED) is 0.829. The van der Waals surface area contributed by atoms with Crippen LogP contribution in [0.1, 0.15) is 68.4 Å². The van der Waals surface area contributed by atoms with Crippen LogP contribution in [0.3, 0.4) is 0 Å². The first-order valence-electron chi connectivity index (χ1n) is 10.2. The number of hydrogen-bond acceptors (Lipinski definition) is 5. The zero-order valence-electron chi connectivity index (χ0n) is 16.0. The molecule has 2 N–H and O–H groups in total. The Morgan fingerprint density at radius 2 is 1.75 bits per heavy atom. The lowest BCUT2D eigenvalue weighted by atomic mass is 9.92. The van der Waals surface area contributed by atoms with Gasteiger partial charge in [0.2, 0.25) is 5.91 Å². The Morgan fingerprint density at radius 1 is 1.07 bits per heavy atom. The van der Waals surface area contributed by atoms with Crippen LogP contribution in [0.15, 0.2) is 24.3 Å². The van der Waals surface area contributed by atoms with E-state index >= 15 is 0 Å². The molecule has 2 fully saturated rings. The van der Waals surface area contributed by atoms with Crippen LogP contribution < -0.4 is 5.73 Å². The number of piperidine rings is 1. The average molecular weight is 403 g/mol. The second-order valence-electron chi connectivity index (χ2n) is 7.94. The molecule has 7 nitrogen and oxygen atoms in total. The largest absolute Gasteiger partial charge is 0.369 e. The molecule has 1 aliphatic heterocycles. The topological polar surface area (TPSA) is 89.9 Å². The molecule has 1 saturated heterocycles. The van der Waals surface area contributed by atoms with E-state index in [4.69, 9.17) is 17.3 Å². The minimum atomic E-state index is -0.199. The van der Waals surface area contributed by atoms with Gasteiger partial charge in [-0.15, -0.1) is 5.10 Å².